The fourth-order valence-corrected chi connectivity index (χ4v) is 2.75. The van der Waals surface area contributed by atoms with Crippen LogP contribution in [0.25, 0.3) is 0 Å². The van der Waals surface area contributed by atoms with Gasteiger partial charge in [-0.05, 0) is 4.92 Å². The van der Waals surface area contributed by atoms with Gasteiger partial charge in [0, 0.05) is 25.6 Å². The summed E-state index contributed by atoms with van der Waals surface area (Å²) in [5, 5.41) is 11.6. The zero-order chi connectivity index (χ0) is 17.1. The van der Waals surface area contributed by atoms with Crippen LogP contribution in [0.4, 0.5) is 11.6 Å². The lowest BCUT2D eigenvalue weighted by molar-refractivity contribution is -0.391. The third-order valence-electron chi connectivity index (χ3n) is 4.00. The number of nitro groups is 1. The Morgan fingerprint density at radius 3 is 2.58 bits per heavy atom. The molecule has 0 bridgehead atoms. The van der Waals surface area contributed by atoms with E-state index in [1.165, 1.54) is 4.57 Å². The molecule has 1 saturated heterocycles. The van der Waals surface area contributed by atoms with Gasteiger partial charge in [-0.25, -0.2) is 4.57 Å². The first-order chi connectivity index (χ1) is 11.6. The Bertz CT molecular complexity index is 751. The summed E-state index contributed by atoms with van der Waals surface area (Å²) in [7, 11) is 0. The first kappa shape index (κ1) is 16.1. The Morgan fingerprint density at radius 2 is 1.96 bits per heavy atom. The summed E-state index contributed by atoms with van der Waals surface area (Å²) in [6, 6.07) is 8.74. The van der Waals surface area contributed by atoms with Crippen LogP contribution in [-0.2, 0) is 11.3 Å². The van der Waals surface area contributed by atoms with Crippen molar-refractivity contribution in [2.24, 2.45) is 0 Å². The van der Waals surface area contributed by atoms with Crippen molar-refractivity contribution in [2.75, 3.05) is 31.2 Å². The fraction of sp³-hybridized carbons (Fsp3) is 0.375. The Morgan fingerprint density at radius 1 is 1.29 bits per heavy atom. The van der Waals surface area contributed by atoms with Gasteiger partial charge in [0.2, 0.25) is 11.6 Å². The number of rotatable bonds is 5. The first-order valence-corrected chi connectivity index (χ1v) is 7.70. The Balaban J connectivity index is 1.94. The number of aromatic nitrogens is 2. The van der Waals surface area contributed by atoms with E-state index in [0.29, 0.717) is 43.5 Å². The minimum atomic E-state index is -0.469. The lowest BCUT2D eigenvalue weighted by Gasteiger charge is -2.26. The molecule has 8 heteroatoms. The molecule has 1 aromatic carbocycles. The van der Waals surface area contributed by atoms with Crippen LogP contribution in [0.1, 0.15) is 16.2 Å². The SMILES string of the molecule is Cc1nc(N2CCOCC2)c([N+](=O)[O-])n1CC(=O)c1ccccc1. The molecule has 8 nitrogen and oxygen atoms in total. The predicted octanol–water partition coefficient (Wildman–Crippen LogP) is 1.82. The zero-order valence-electron chi connectivity index (χ0n) is 13.3. The number of imidazole rings is 1. The lowest BCUT2D eigenvalue weighted by atomic mass is 10.1. The molecule has 1 aliphatic rings. The molecular formula is C16H18N4O4. The molecule has 0 saturated carbocycles. The van der Waals surface area contributed by atoms with Gasteiger partial charge in [0.15, 0.2) is 12.4 Å². The quantitative estimate of drug-likeness (QED) is 0.472. The molecule has 0 unspecified atom stereocenters. The van der Waals surface area contributed by atoms with Gasteiger partial charge in [0.1, 0.15) is 0 Å². The molecule has 24 heavy (non-hydrogen) atoms. The second-order valence-corrected chi connectivity index (χ2v) is 5.54. The molecule has 2 aromatic rings. The molecule has 0 radical (unpaired) electrons. The van der Waals surface area contributed by atoms with Gasteiger partial charge < -0.3 is 19.8 Å². The van der Waals surface area contributed by atoms with E-state index in [0.717, 1.165) is 0 Å². The molecule has 0 amide bonds. The van der Waals surface area contributed by atoms with E-state index in [1.807, 2.05) is 11.0 Å². The van der Waals surface area contributed by atoms with E-state index in [9.17, 15) is 14.9 Å². The van der Waals surface area contributed by atoms with Crippen LogP contribution >= 0.6 is 0 Å². The van der Waals surface area contributed by atoms with Crippen LogP contribution in [0.5, 0.6) is 0 Å². The number of hydrogen-bond acceptors (Lipinski definition) is 6. The van der Waals surface area contributed by atoms with Crippen LogP contribution in [-0.4, -0.2) is 46.6 Å². The topological polar surface area (TPSA) is 90.5 Å². The monoisotopic (exact) mass is 330 g/mol. The molecule has 0 atom stereocenters. The maximum Gasteiger partial charge on any atom is 0.367 e. The van der Waals surface area contributed by atoms with Crippen LogP contribution in [0, 0.1) is 17.0 Å². The molecular weight excluding hydrogens is 312 g/mol. The van der Waals surface area contributed by atoms with E-state index >= 15 is 0 Å². The van der Waals surface area contributed by atoms with Crippen molar-refractivity contribution in [3.63, 3.8) is 0 Å². The molecule has 1 aromatic heterocycles. The Labute approximate surface area is 138 Å². The van der Waals surface area contributed by atoms with Crippen LogP contribution in [0.2, 0.25) is 0 Å². The smallest absolute Gasteiger partial charge is 0.367 e. The molecule has 0 N–H and O–H groups in total. The summed E-state index contributed by atoms with van der Waals surface area (Å²) in [4.78, 5) is 29.7. The number of hydrogen-bond donors (Lipinski definition) is 0. The molecule has 3 rings (SSSR count). The lowest BCUT2D eigenvalue weighted by Crippen LogP contribution is -2.36. The van der Waals surface area contributed by atoms with Crippen molar-refractivity contribution in [3.05, 3.63) is 51.8 Å². The molecule has 126 valence electrons. The highest BCUT2D eigenvalue weighted by molar-refractivity contribution is 5.96. The van der Waals surface area contributed by atoms with E-state index in [2.05, 4.69) is 4.98 Å². The van der Waals surface area contributed by atoms with Gasteiger partial charge in [0.05, 0.1) is 13.2 Å². The number of Topliss-reactive ketones (excluding diaryl/α,β-unsaturated/α-hetero) is 1. The number of ketones is 1. The number of anilines is 1. The number of carbonyl (C=O) groups excluding carboxylic acids is 1. The molecule has 0 aliphatic carbocycles. The third-order valence-corrected chi connectivity index (χ3v) is 4.00. The van der Waals surface area contributed by atoms with E-state index in [-0.39, 0.29) is 18.1 Å². The van der Waals surface area contributed by atoms with E-state index in [1.54, 1.807) is 31.2 Å². The van der Waals surface area contributed by atoms with Gasteiger partial charge >= 0.3 is 5.82 Å². The highest BCUT2D eigenvalue weighted by Gasteiger charge is 2.31. The van der Waals surface area contributed by atoms with Crippen molar-refractivity contribution in [3.8, 4) is 0 Å². The summed E-state index contributed by atoms with van der Waals surface area (Å²) in [6.45, 7) is 3.67. The van der Waals surface area contributed by atoms with Gasteiger partial charge in [-0.15, -0.1) is 0 Å². The minimum Gasteiger partial charge on any atom is -0.378 e. The molecule has 1 fully saturated rings. The van der Waals surface area contributed by atoms with Crippen molar-refractivity contribution >= 4 is 17.4 Å². The standard InChI is InChI=1S/C16H18N4O4/c1-12-17-15(18-7-9-24-10-8-18)16(20(22)23)19(12)11-14(21)13-5-3-2-4-6-13/h2-6H,7-11H2,1H3. The maximum atomic E-state index is 12.4. The normalized spacial score (nSPS) is 14.6. The summed E-state index contributed by atoms with van der Waals surface area (Å²) >= 11 is 0. The van der Waals surface area contributed by atoms with E-state index < -0.39 is 4.92 Å². The number of ether oxygens (including phenoxy) is 1. The maximum absolute atomic E-state index is 12.4. The number of morpholine rings is 1. The molecule has 0 spiro atoms. The highest BCUT2D eigenvalue weighted by Crippen LogP contribution is 2.29. The zero-order valence-corrected chi connectivity index (χ0v) is 13.3. The average Bonchev–Trinajstić information content (AvgIpc) is 2.93. The number of benzene rings is 1. The largest absolute Gasteiger partial charge is 0.378 e. The second kappa shape index (κ2) is 6.79. The van der Waals surface area contributed by atoms with E-state index in [4.69, 9.17) is 4.74 Å². The molecule has 2 heterocycles. The average molecular weight is 330 g/mol. The second-order valence-electron chi connectivity index (χ2n) is 5.54. The highest BCUT2D eigenvalue weighted by atomic mass is 16.6. The third kappa shape index (κ3) is 3.13. The van der Waals surface area contributed by atoms with Crippen molar-refractivity contribution in [2.45, 2.75) is 13.5 Å². The minimum absolute atomic E-state index is 0.108. The van der Waals surface area contributed by atoms with Gasteiger partial charge in [-0.3, -0.25) is 4.79 Å². The number of aryl methyl sites for hydroxylation is 1. The number of carbonyl (C=O) groups is 1. The van der Waals surface area contributed by atoms with Crippen LogP contribution in [0.15, 0.2) is 30.3 Å². The van der Waals surface area contributed by atoms with Crippen molar-refractivity contribution in [1.82, 2.24) is 9.55 Å². The van der Waals surface area contributed by atoms with Crippen molar-refractivity contribution < 1.29 is 14.5 Å². The Hall–Kier alpha value is -2.74. The Kier molecular flexibility index (Phi) is 4.57. The predicted molar refractivity (Wildman–Crippen MR) is 87.4 cm³/mol. The van der Waals surface area contributed by atoms with Crippen LogP contribution < -0.4 is 4.90 Å². The molecule has 1 aliphatic heterocycles. The summed E-state index contributed by atoms with van der Waals surface area (Å²) < 4.78 is 6.66. The van der Waals surface area contributed by atoms with Crippen LogP contribution in [0.3, 0.4) is 0 Å². The summed E-state index contributed by atoms with van der Waals surface area (Å²) in [5.41, 5.74) is 0.521. The van der Waals surface area contributed by atoms with Crippen molar-refractivity contribution in [1.29, 1.82) is 0 Å². The summed E-state index contributed by atoms with van der Waals surface area (Å²) in [6.07, 6.45) is 0. The van der Waals surface area contributed by atoms with Gasteiger partial charge in [-0.2, -0.15) is 4.98 Å². The fourth-order valence-electron chi connectivity index (χ4n) is 2.75. The van der Waals surface area contributed by atoms with Gasteiger partial charge in [-0.1, -0.05) is 30.3 Å². The number of nitrogens with zero attached hydrogens (tertiary/aromatic N) is 4. The summed E-state index contributed by atoms with van der Waals surface area (Å²) in [5.74, 6) is 0.431. The first-order valence-electron chi connectivity index (χ1n) is 7.70. The van der Waals surface area contributed by atoms with Gasteiger partial charge in [0.25, 0.3) is 0 Å².